The zero-order chi connectivity index (χ0) is 10.7. The molecule has 0 spiro atoms. The molecular formula is C13H22N2+2. The predicted molar refractivity (Wildman–Crippen MR) is 61.6 cm³/mol. The van der Waals surface area contributed by atoms with Gasteiger partial charge in [-0.15, -0.1) is 0 Å². The molecule has 0 unspecified atom stereocenters. The summed E-state index contributed by atoms with van der Waals surface area (Å²) < 4.78 is 0. The lowest BCUT2D eigenvalue weighted by Gasteiger charge is -2.22. The molecule has 15 heavy (non-hydrogen) atoms. The maximum Gasteiger partial charge on any atom is 0.162 e. The van der Waals surface area contributed by atoms with Gasteiger partial charge in [0.25, 0.3) is 0 Å². The van der Waals surface area contributed by atoms with E-state index in [0.717, 1.165) is 6.54 Å². The zero-order valence-electron chi connectivity index (χ0n) is 9.63. The van der Waals surface area contributed by atoms with Crippen LogP contribution in [-0.2, 0) is 0 Å². The first-order chi connectivity index (χ1) is 7.31. The highest BCUT2D eigenvalue weighted by atomic mass is 15.2. The van der Waals surface area contributed by atoms with E-state index in [2.05, 4.69) is 36.9 Å². The van der Waals surface area contributed by atoms with Crippen LogP contribution in [0.4, 0.5) is 0 Å². The molecule has 1 aromatic carbocycles. The van der Waals surface area contributed by atoms with E-state index < -0.39 is 0 Å². The minimum atomic E-state index is 0.619. The van der Waals surface area contributed by atoms with Gasteiger partial charge in [0.1, 0.15) is 6.54 Å². The lowest BCUT2D eigenvalue weighted by Crippen LogP contribution is -3.11. The Morgan fingerprint density at radius 3 is 2.33 bits per heavy atom. The standard InChI is InChI=1S/C13H20N2/c1-11-4-6-12(7-5-11)13(10-14)15-8-2-3-9-15/h4-7,13H,2-3,8-10,14H2,1H3/p+2/t13-/m0/s1. The molecule has 1 aromatic rings. The molecule has 1 saturated heterocycles. The Labute approximate surface area is 92.1 Å². The molecule has 1 aliphatic rings. The number of likely N-dealkylation sites (tertiary alicyclic amines) is 1. The van der Waals surface area contributed by atoms with Crippen molar-refractivity contribution in [2.24, 2.45) is 0 Å². The fourth-order valence-electron chi connectivity index (χ4n) is 2.58. The molecule has 0 radical (unpaired) electrons. The van der Waals surface area contributed by atoms with Gasteiger partial charge in [0.05, 0.1) is 13.1 Å². The van der Waals surface area contributed by atoms with Crippen molar-refractivity contribution in [1.29, 1.82) is 0 Å². The average Bonchev–Trinajstić information content (AvgIpc) is 2.75. The first kappa shape index (κ1) is 10.7. The molecule has 2 nitrogen and oxygen atoms in total. The normalized spacial score (nSPS) is 19.3. The molecule has 0 saturated carbocycles. The van der Waals surface area contributed by atoms with Gasteiger partial charge in [0.2, 0.25) is 0 Å². The van der Waals surface area contributed by atoms with Crippen LogP contribution in [0.2, 0.25) is 0 Å². The molecular weight excluding hydrogens is 184 g/mol. The number of quaternary nitrogens is 2. The quantitative estimate of drug-likeness (QED) is 0.695. The van der Waals surface area contributed by atoms with Crippen molar-refractivity contribution in [3.8, 4) is 0 Å². The minimum Gasteiger partial charge on any atom is -0.352 e. The van der Waals surface area contributed by atoms with Crippen LogP contribution in [0.25, 0.3) is 0 Å². The smallest absolute Gasteiger partial charge is 0.162 e. The molecule has 0 bridgehead atoms. The second-order valence-corrected chi connectivity index (χ2v) is 4.62. The Hall–Kier alpha value is -0.860. The van der Waals surface area contributed by atoms with Gasteiger partial charge in [-0.05, 0) is 6.92 Å². The average molecular weight is 206 g/mol. The number of hydrogen-bond donors (Lipinski definition) is 2. The summed E-state index contributed by atoms with van der Waals surface area (Å²) in [4.78, 5) is 1.73. The van der Waals surface area contributed by atoms with Gasteiger partial charge in [-0.3, -0.25) is 0 Å². The number of aryl methyl sites for hydroxylation is 1. The number of benzene rings is 1. The van der Waals surface area contributed by atoms with Gasteiger partial charge in [-0.25, -0.2) is 0 Å². The largest absolute Gasteiger partial charge is 0.352 e. The molecule has 1 fully saturated rings. The third kappa shape index (κ3) is 2.39. The summed E-state index contributed by atoms with van der Waals surface area (Å²) in [6, 6.07) is 9.60. The Kier molecular flexibility index (Phi) is 3.39. The highest BCUT2D eigenvalue weighted by molar-refractivity contribution is 5.23. The van der Waals surface area contributed by atoms with Crippen LogP contribution < -0.4 is 10.6 Å². The SMILES string of the molecule is Cc1ccc([C@H](C[NH3+])[NH+]2CCCC2)cc1. The molecule has 0 aromatic heterocycles. The molecule has 2 heteroatoms. The summed E-state index contributed by atoms with van der Waals surface area (Å²) in [6.45, 7) is 5.81. The number of hydrogen-bond acceptors (Lipinski definition) is 0. The van der Waals surface area contributed by atoms with E-state index >= 15 is 0 Å². The molecule has 4 N–H and O–H groups in total. The fourth-order valence-corrected chi connectivity index (χ4v) is 2.58. The summed E-state index contributed by atoms with van der Waals surface area (Å²) in [6.07, 6.45) is 2.77. The van der Waals surface area contributed by atoms with Crippen LogP contribution in [-0.4, -0.2) is 19.6 Å². The van der Waals surface area contributed by atoms with Crippen molar-refractivity contribution in [2.45, 2.75) is 25.8 Å². The van der Waals surface area contributed by atoms with E-state index in [4.69, 9.17) is 0 Å². The van der Waals surface area contributed by atoms with Crippen LogP contribution in [0.3, 0.4) is 0 Å². The van der Waals surface area contributed by atoms with Crippen LogP contribution in [0, 0.1) is 6.92 Å². The minimum absolute atomic E-state index is 0.619. The summed E-state index contributed by atoms with van der Waals surface area (Å²) in [7, 11) is 0. The lowest BCUT2D eigenvalue weighted by atomic mass is 10.0. The lowest BCUT2D eigenvalue weighted by molar-refractivity contribution is -0.926. The Morgan fingerprint density at radius 1 is 1.20 bits per heavy atom. The van der Waals surface area contributed by atoms with E-state index in [1.54, 1.807) is 4.90 Å². The van der Waals surface area contributed by atoms with Crippen LogP contribution in [0.15, 0.2) is 24.3 Å². The number of rotatable bonds is 3. The highest BCUT2D eigenvalue weighted by Crippen LogP contribution is 2.11. The van der Waals surface area contributed by atoms with E-state index in [0.29, 0.717) is 6.04 Å². The van der Waals surface area contributed by atoms with Crippen molar-refractivity contribution in [1.82, 2.24) is 0 Å². The summed E-state index contributed by atoms with van der Waals surface area (Å²) in [5.74, 6) is 0. The maximum atomic E-state index is 4.11. The van der Waals surface area contributed by atoms with Gasteiger partial charge in [-0.2, -0.15) is 0 Å². The van der Waals surface area contributed by atoms with Crippen molar-refractivity contribution in [3.05, 3.63) is 35.4 Å². The van der Waals surface area contributed by atoms with Gasteiger partial charge in [0.15, 0.2) is 6.04 Å². The van der Waals surface area contributed by atoms with Gasteiger partial charge in [0, 0.05) is 18.4 Å². The number of nitrogens with one attached hydrogen (secondary N) is 1. The second kappa shape index (κ2) is 4.77. The maximum absolute atomic E-state index is 4.11. The van der Waals surface area contributed by atoms with E-state index in [1.807, 2.05) is 0 Å². The highest BCUT2D eigenvalue weighted by Gasteiger charge is 2.27. The van der Waals surface area contributed by atoms with E-state index in [1.165, 1.54) is 37.1 Å². The van der Waals surface area contributed by atoms with Gasteiger partial charge < -0.3 is 10.6 Å². The van der Waals surface area contributed by atoms with Gasteiger partial charge >= 0.3 is 0 Å². The van der Waals surface area contributed by atoms with Gasteiger partial charge in [-0.1, -0.05) is 29.8 Å². The molecule has 0 amide bonds. The molecule has 1 heterocycles. The molecule has 2 rings (SSSR count). The Morgan fingerprint density at radius 2 is 1.80 bits per heavy atom. The predicted octanol–water partition coefficient (Wildman–Crippen LogP) is -0.0433. The van der Waals surface area contributed by atoms with Crippen molar-refractivity contribution in [2.75, 3.05) is 19.6 Å². The molecule has 0 aliphatic carbocycles. The Balaban J connectivity index is 2.14. The van der Waals surface area contributed by atoms with E-state index in [9.17, 15) is 0 Å². The van der Waals surface area contributed by atoms with Crippen molar-refractivity contribution < 1.29 is 10.6 Å². The summed E-state index contributed by atoms with van der Waals surface area (Å²) in [5.41, 5.74) is 6.92. The summed E-state index contributed by atoms with van der Waals surface area (Å²) >= 11 is 0. The third-order valence-electron chi connectivity index (χ3n) is 3.51. The zero-order valence-corrected chi connectivity index (χ0v) is 9.63. The second-order valence-electron chi connectivity index (χ2n) is 4.62. The van der Waals surface area contributed by atoms with Crippen LogP contribution in [0.5, 0.6) is 0 Å². The summed E-state index contributed by atoms with van der Waals surface area (Å²) in [5, 5.41) is 0. The first-order valence-corrected chi connectivity index (χ1v) is 6.01. The molecule has 1 atom stereocenters. The first-order valence-electron chi connectivity index (χ1n) is 6.01. The monoisotopic (exact) mass is 206 g/mol. The molecule has 82 valence electrons. The Bertz CT molecular complexity index is 299. The van der Waals surface area contributed by atoms with Crippen LogP contribution in [0.1, 0.15) is 30.0 Å². The molecule has 1 aliphatic heterocycles. The van der Waals surface area contributed by atoms with Crippen LogP contribution >= 0.6 is 0 Å². The fraction of sp³-hybridized carbons (Fsp3) is 0.538. The topological polar surface area (TPSA) is 32.1 Å². The van der Waals surface area contributed by atoms with Crippen molar-refractivity contribution >= 4 is 0 Å². The van der Waals surface area contributed by atoms with E-state index in [-0.39, 0.29) is 0 Å². The third-order valence-corrected chi connectivity index (χ3v) is 3.51. The van der Waals surface area contributed by atoms with Crippen molar-refractivity contribution in [3.63, 3.8) is 0 Å².